The fourth-order valence-corrected chi connectivity index (χ4v) is 13.7. The first-order valence-corrected chi connectivity index (χ1v) is 36.0. The largest absolute Gasteiger partial charge is 0.417 e. The van der Waals surface area contributed by atoms with Gasteiger partial charge in [0.2, 0.25) is 0 Å². The van der Waals surface area contributed by atoms with Crippen LogP contribution in [0.4, 0.5) is 77.0 Å². The molecule has 0 fully saturated rings. The van der Waals surface area contributed by atoms with E-state index in [1.807, 2.05) is 147 Å². The molecule has 554 valence electrons. The molecule has 0 saturated heterocycles. The van der Waals surface area contributed by atoms with Gasteiger partial charge in [0, 0.05) is 76.8 Å². The van der Waals surface area contributed by atoms with Crippen LogP contribution in [0.5, 0.6) is 0 Å². The summed E-state index contributed by atoms with van der Waals surface area (Å²) in [5.74, 6) is 3.49. The highest BCUT2D eigenvalue weighted by Gasteiger charge is 2.35. The maximum atomic E-state index is 13.7. The number of halogens is 9. The fraction of sp³-hybridized carbons (Fsp3) is 0.118. The second kappa shape index (κ2) is 31.3. The molecule has 111 heavy (non-hydrogen) atoms. The topological polar surface area (TPSA) is 227 Å². The number of aromatic nitrogens is 13. The number of aromatic amines is 4. The quantitative estimate of drug-likeness (QED) is 0.0533. The summed E-state index contributed by atoms with van der Waals surface area (Å²) < 4.78 is 94.7. The van der Waals surface area contributed by atoms with Crippen molar-refractivity contribution in [3.63, 3.8) is 0 Å². The Labute approximate surface area is 640 Å². The first-order chi connectivity index (χ1) is 53.7. The summed E-state index contributed by atoms with van der Waals surface area (Å²) in [6.07, 6.45) is -3.23. The van der Waals surface area contributed by atoms with E-state index in [0.29, 0.717) is 50.0 Å². The van der Waals surface area contributed by atoms with Gasteiger partial charge in [-0.2, -0.15) is 46.7 Å². The molecule has 18 rings (SSSR count). The molecule has 26 heteroatoms. The van der Waals surface area contributed by atoms with Crippen LogP contribution in [0, 0.1) is 33.5 Å². The molecule has 17 nitrogen and oxygen atoms in total. The van der Waals surface area contributed by atoms with Gasteiger partial charge >= 0.3 is 12.4 Å². The summed E-state index contributed by atoms with van der Waals surface area (Å²) in [7, 11) is 0. The number of pyridine rings is 5. The molecule has 0 unspecified atom stereocenters. The number of aryl methyl sites for hydroxylation is 3. The molecule has 0 spiro atoms. The zero-order valence-corrected chi connectivity index (χ0v) is 61.2. The Balaban J connectivity index is 0.000000118. The Bertz CT molecular complexity index is 6310. The molecule has 17 aromatic rings. The maximum Gasteiger partial charge on any atom is 0.417 e. The molecule has 0 saturated carbocycles. The predicted molar refractivity (Wildman–Crippen MR) is 427 cm³/mol. The van der Waals surface area contributed by atoms with E-state index in [9.17, 15) is 30.7 Å². The van der Waals surface area contributed by atoms with Gasteiger partial charge in [0.25, 0.3) is 0 Å². The average Bonchev–Trinajstić information content (AvgIpc) is 1.88. The van der Waals surface area contributed by atoms with Crippen molar-refractivity contribution < 1.29 is 30.7 Å². The van der Waals surface area contributed by atoms with Crippen molar-refractivity contribution in [2.45, 2.75) is 65.7 Å². The minimum Gasteiger partial charge on any atom is -0.338 e. The monoisotopic (exact) mass is 1530 g/mol. The van der Waals surface area contributed by atoms with E-state index < -0.39 is 23.5 Å². The summed E-state index contributed by atoms with van der Waals surface area (Å²) in [5.41, 5.74) is 14.1. The molecule has 0 aliphatic heterocycles. The first-order valence-electron chi connectivity index (χ1n) is 35.3. The number of nitrogens with zero attached hydrogens (tertiary/aromatic N) is 9. The van der Waals surface area contributed by atoms with Crippen LogP contribution < -0.4 is 21.3 Å². The molecule has 0 bridgehead atoms. The zero-order chi connectivity index (χ0) is 77.1. The highest BCUT2D eigenvalue weighted by molar-refractivity contribution is 6.33. The minimum absolute atomic E-state index is 0.00695. The molecule has 0 atom stereocenters. The van der Waals surface area contributed by atoms with E-state index in [4.69, 9.17) is 33.2 Å². The van der Waals surface area contributed by atoms with Gasteiger partial charge in [-0.15, -0.1) is 0 Å². The molecule has 8 aromatic carbocycles. The second-order valence-electron chi connectivity index (χ2n) is 26.4. The standard InChI is InChI=1S/C22H18ClFN4.C22H14F3N5.C21H17F3N4.C20H17ClN4/c23-17-7-3-1-5-14(17)20-12-21(15-6-2-4-8-18(15)25-20)26-22-16-11-13(24)9-10-19(16)27-28-22;23-22(24,25)16-9-3-1-6-13(16)18-12-19(15-8-5-11-26-20(15)27-18)28-21-14-7-2-4-10-17(14)29-30-21;1-12-11-18(14-7-3-5-9-16(14)21(22,23)24)25-19(13(12)2)26-20-15-8-4-6-10-17(15)27-28-20;1-12-11-18(14-7-3-5-9-16(14)21)22-19(13(12)2)23-20-15-8-4-6-10-17(15)24-25-20/h1,3,5,7,9-12H,2,4,6,8H2,(H2,25,26,27,28);1-12H,(H2,26,27,28,29,30);3-11H,1-2H3,(H2,25,26,27,28);3-11H,1-2H3,(H2,22,23,24,25). The summed E-state index contributed by atoms with van der Waals surface area (Å²) in [5, 5.41) is 47.9. The van der Waals surface area contributed by atoms with Gasteiger partial charge in [-0.25, -0.2) is 24.3 Å². The molecular weight excluding hydrogens is 1460 g/mol. The molecule has 8 N–H and O–H groups in total. The second-order valence-corrected chi connectivity index (χ2v) is 27.2. The van der Waals surface area contributed by atoms with Gasteiger partial charge < -0.3 is 21.3 Å². The molecule has 9 aromatic heterocycles. The average molecular weight is 1530 g/mol. The number of H-pyrrole nitrogens is 4. The normalized spacial score (nSPS) is 12.0. The van der Waals surface area contributed by atoms with Crippen LogP contribution in [0.15, 0.2) is 231 Å². The van der Waals surface area contributed by atoms with Crippen LogP contribution in [0.2, 0.25) is 10.0 Å². The lowest BCUT2D eigenvalue weighted by Gasteiger charge is -2.21. The smallest absolute Gasteiger partial charge is 0.338 e. The number of fused-ring (bicyclic) bond motifs is 6. The number of anilines is 8. The molecule has 1 aliphatic carbocycles. The SMILES string of the molecule is Cc1cc(-c2ccccc2C(F)(F)F)nc(Nc2n[nH]c3ccccc23)c1C.Cc1cc(-c2ccccc2Cl)nc(Nc2n[nH]c3ccccc23)c1C.FC(F)(F)c1ccccc1-c1cc(Nc2n[nH]c3ccccc23)c2cccnc2n1.Fc1ccc2[nH]nc(Nc3cc(-c4ccccc4Cl)nc4c3CCCC4)c2c1. The van der Waals surface area contributed by atoms with E-state index in [2.05, 4.69) is 96.9 Å². The van der Waals surface area contributed by atoms with Gasteiger partial charge in [0.1, 0.15) is 17.5 Å². The maximum absolute atomic E-state index is 13.7. The van der Waals surface area contributed by atoms with Gasteiger partial charge in [-0.05, 0) is 196 Å². The molecule has 1 aliphatic rings. The Kier molecular flexibility index (Phi) is 20.7. The van der Waals surface area contributed by atoms with Crippen molar-refractivity contribution >= 4 is 124 Å². The van der Waals surface area contributed by atoms with Gasteiger partial charge in [-0.3, -0.25) is 25.4 Å². The number of para-hydroxylation sites is 3. The predicted octanol–water partition coefficient (Wildman–Crippen LogP) is 23.6. The van der Waals surface area contributed by atoms with Crippen LogP contribution in [0.25, 0.3) is 99.7 Å². The number of hydrogen-bond donors (Lipinski definition) is 8. The van der Waals surface area contributed by atoms with Crippen molar-refractivity contribution in [2.24, 2.45) is 0 Å². The lowest BCUT2D eigenvalue weighted by molar-refractivity contribution is -0.137. The van der Waals surface area contributed by atoms with E-state index in [0.717, 1.165) is 149 Å². The van der Waals surface area contributed by atoms with Crippen LogP contribution in [0.1, 0.15) is 57.5 Å². The van der Waals surface area contributed by atoms with Crippen molar-refractivity contribution in [1.82, 2.24) is 65.7 Å². The number of benzene rings is 8. The van der Waals surface area contributed by atoms with E-state index in [-0.39, 0.29) is 28.3 Å². The molecular formula is C85H66Cl2F7N17. The third-order valence-electron chi connectivity index (χ3n) is 19.2. The first kappa shape index (κ1) is 73.5. The highest BCUT2D eigenvalue weighted by Crippen LogP contribution is 2.43. The van der Waals surface area contributed by atoms with Crippen LogP contribution in [-0.4, -0.2) is 65.7 Å². The summed E-state index contributed by atoms with van der Waals surface area (Å²) in [6, 6.07) is 65.0. The number of rotatable bonds is 12. The highest BCUT2D eigenvalue weighted by atomic mass is 35.5. The summed E-state index contributed by atoms with van der Waals surface area (Å²) in [6.45, 7) is 7.85. The Hall–Kier alpha value is -13.1. The lowest BCUT2D eigenvalue weighted by Crippen LogP contribution is -2.10. The van der Waals surface area contributed by atoms with Crippen molar-refractivity contribution in [3.8, 4) is 45.0 Å². The van der Waals surface area contributed by atoms with E-state index >= 15 is 0 Å². The summed E-state index contributed by atoms with van der Waals surface area (Å²) >= 11 is 12.8. The summed E-state index contributed by atoms with van der Waals surface area (Å²) in [4.78, 5) is 22.8. The Morgan fingerprint density at radius 1 is 0.360 bits per heavy atom. The van der Waals surface area contributed by atoms with Crippen LogP contribution in [-0.2, 0) is 25.2 Å². The van der Waals surface area contributed by atoms with Crippen molar-refractivity contribution in [2.75, 3.05) is 21.3 Å². The van der Waals surface area contributed by atoms with Gasteiger partial charge in [-0.1, -0.05) is 132 Å². The Morgan fingerprint density at radius 2 is 0.757 bits per heavy atom. The number of alkyl halides is 6. The fourth-order valence-electron chi connectivity index (χ4n) is 13.2. The molecule has 0 amide bonds. The number of nitrogens with one attached hydrogen (secondary N) is 8. The number of hydrogen-bond acceptors (Lipinski definition) is 13. The van der Waals surface area contributed by atoms with E-state index in [1.165, 1.54) is 42.0 Å². The van der Waals surface area contributed by atoms with Crippen molar-refractivity contribution in [1.29, 1.82) is 0 Å². The third-order valence-corrected chi connectivity index (χ3v) is 19.8. The minimum atomic E-state index is -4.50. The van der Waals surface area contributed by atoms with Crippen molar-refractivity contribution in [3.05, 3.63) is 291 Å². The third kappa shape index (κ3) is 15.8. The molecule has 9 heterocycles. The van der Waals surface area contributed by atoms with Crippen LogP contribution >= 0.6 is 23.2 Å². The molecule has 0 radical (unpaired) electrons. The van der Waals surface area contributed by atoms with Crippen LogP contribution in [0.3, 0.4) is 0 Å². The Morgan fingerprint density at radius 3 is 1.27 bits per heavy atom. The lowest BCUT2D eigenvalue weighted by atomic mass is 9.93. The van der Waals surface area contributed by atoms with Gasteiger partial charge in [0.05, 0.1) is 61.7 Å². The zero-order valence-electron chi connectivity index (χ0n) is 59.7. The van der Waals surface area contributed by atoms with E-state index in [1.54, 1.807) is 42.6 Å². The van der Waals surface area contributed by atoms with Gasteiger partial charge in [0.15, 0.2) is 28.9 Å².